The Hall–Kier alpha value is -1.30. The fourth-order valence-electron chi connectivity index (χ4n) is 2.62. The molecule has 1 saturated carbocycles. The van der Waals surface area contributed by atoms with E-state index in [-0.39, 0.29) is 12.0 Å². The Balaban J connectivity index is 2.54. The fraction of sp³-hybridized carbons (Fsp3) is 0.867. The zero-order chi connectivity index (χ0) is 16.0. The van der Waals surface area contributed by atoms with E-state index in [0.717, 1.165) is 25.8 Å². The van der Waals surface area contributed by atoms with Crippen LogP contribution in [0.2, 0.25) is 0 Å². The summed E-state index contributed by atoms with van der Waals surface area (Å²) in [6.45, 7) is 8.27. The van der Waals surface area contributed by atoms with Crippen molar-refractivity contribution in [2.24, 2.45) is 5.92 Å². The van der Waals surface area contributed by atoms with Gasteiger partial charge in [-0.05, 0) is 52.9 Å². The molecule has 0 atom stereocenters. The summed E-state index contributed by atoms with van der Waals surface area (Å²) in [4.78, 5) is 22.9. The van der Waals surface area contributed by atoms with Gasteiger partial charge in [0.2, 0.25) is 0 Å². The summed E-state index contributed by atoms with van der Waals surface area (Å²) in [7, 11) is 0. The van der Waals surface area contributed by atoms with Crippen LogP contribution in [0.5, 0.6) is 0 Å². The first kappa shape index (κ1) is 17.8. The van der Waals surface area contributed by atoms with E-state index >= 15 is 0 Å². The summed E-state index contributed by atoms with van der Waals surface area (Å²) in [5, 5.41) is 10.9. The Morgan fingerprint density at radius 2 is 1.81 bits per heavy atom. The number of aliphatic carboxylic acids is 1. The molecule has 2 N–H and O–H groups in total. The molecule has 1 amide bonds. The van der Waals surface area contributed by atoms with Gasteiger partial charge in [0.25, 0.3) is 0 Å². The number of carbonyl (C=O) groups excluding carboxylic acids is 1. The highest BCUT2D eigenvalue weighted by atomic mass is 16.6. The first-order valence-corrected chi connectivity index (χ1v) is 7.72. The molecule has 0 aliphatic heterocycles. The molecular formula is C15H28N2O4. The number of carboxylic acid groups (broad SMARTS) is 1. The predicted octanol–water partition coefficient (Wildman–Crippen LogP) is 2.78. The molecule has 0 saturated heterocycles. The normalized spacial score (nSPS) is 22.9. The maximum atomic E-state index is 11.9. The highest BCUT2D eigenvalue weighted by Gasteiger charge is 2.30. The van der Waals surface area contributed by atoms with Gasteiger partial charge in [0, 0.05) is 12.6 Å². The zero-order valence-corrected chi connectivity index (χ0v) is 13.5. The number of carbonyl (C=O) groups is 2. The molecule has 1 aliphatic carbocycles. The second-order valence-corrected chi connectivity index (χ2v) is 6.65. The number of hydrogen-bond acceptors (Lipinski definition) is 4. The van der Waals surface area contributed by atoms with E-state index in [1.165, 1.54) is 0 Å². The van der Waals surface area contributed by atoms with E-state index in [0.29, 0.717) is 12.8 Å². The van der Waals surface area contributed by atoms with Crippen LogP contribution >= 0.6 is 0 Å². The Labute approximate surface area is 126 Å². The number of rotatable bonds is 5. The van der Waals surface area contributed by atoms with Crippen molar-refractivity contribution in [2.75, 3.05) is 6.54 Å². The van der Waals surface area contributed by atoms with Crippen LogP contribution in [0.15, 0.2) is 0 Å². The summed E-state index contributed by atoms with van der Waals surface area (Å²) in [5.41, 5.74) is 2.29. The Bertz CT molecular complexity index is 357. The lowest BCUT2D eigenvalue weighted by Gasteiger charge is -2.36. The number of hydrazine groups is 1. The van der Waals surface area contributed by atoms with Crippen LogP contribution in [-0.4, -0.2) is 40.4 Å². The molecule has 0 unspecified atom stereocenters. The summed E-state index contributed by atoms with van der Waals surface area (Å²) in [6, 6.07) is 0.188. The molecule has 0 aromatic carbocycles. The zero-order valence-electron chi connectivity index (χ0n) is 13.5. The third-order valence-electron chi connectivity index (χ3n) is 3.59. The third-order valence-corrected chi connectivity index (χ3v) is 3.59. The standard InChI is InChI=1S/C15H28N2O4/c1-5-10-17(16-14(20)21-15(2,3)4)12-8-6-11(7-9-12)13(18)19/h11-12H,5-10H2,1-4H3,(H,16,20)(H,18,19). The molecule has 0 heterocycles. The molecule has 122 valence electrons. The number of hydrogen-bond donors (Lipinski definition) is 2. The smallest absolute Gasteiger partial charge is 0.422 e. The van der Waals surface area contributed by atoms with Crippen molar-refractivity contribution in [1.29, 1.82) is 0 Å². The van der Waals surface area contributed by atoms with Crippen LogP contribution < -0.4 is 5.43 Å². The van der Waals surface area contributed by atoms with E-state index < -0.39 is 17.7 Å². The van der Waals surface area contributed by atoms with Crippen LogP contribution in [0, 0.1) is 5.92 Å². The van der Waals surface area contributed by atoms with Gasteiger partial charge in [-0.1, -0.05) is 6.92 Å². The van der Waals surface area contributed by atoms with Crippen molar-refractivity contribution < 1.29 is 19.4 Å². The predicted molar refractivity (Wildman–Crippen MR) is 79.7 cm³/mol. The van der Waals surface area contributed by atoms with Gasteiger partial charge in [-0.25, -0.2) is 9.80 Å². The lowest BCUT2D eigenvalue weighted by Crippen LogP contribution is -2.51. The van der Waals surface area contributed by atoms with Gasteiger partial charge in [0.15, 0.2) is 0 Å². The maximum absolute atomic E-state index is 11.9. The van der Waals surface area contributed by atoms with E-state index in [9.17, 15) is 9.59 Å². The highest BCUT2D eigenvalue weighted by molar-refractivity contribution is 5.70. The van der Waals surface area contributed by atoms with Gasteiger partial charge in [0.05, 0.1) is 5.92 Å². The van der Waals surface area contributed by atoms with Gasteiger partial charge in [-0.3, -0.25) is 10.2 Å². The summed E-state index contributed by atoms with van der Waals surface area (Å²) < 4.78 is 5.28. The van der Waals surface area contributed by atoms with Gasteiger partial charge in [0.1, 0.15) is 5.60 Å². The number of ether oxygens (including phenoxy) is 1. The monoisotopic (exact) mass is 300 g/mol. The van der Waals surface area contributed by atoms with Gasteiger partial charge >= 0.3 is 12.1 Å². The fourth-order valence-corrected chi connectivity index (χ4v) is 2.62. The largest absolute Gasteiger partial charge is 0.481 e. The number of carboxylic acids is 1. The molecule has 1 aliphatic rings. The molecule has 6 heteroatoms. The first-order valence-electron chi connectivity index (χ1n) is 7.72. The van der Waals surface area contributed by atoms with Crippen molar-refractivity contribution in [2.45, 2.75) is 71.4 Å². The summed E-state index contributed by atoms with van der Waals surface area (Å²) in [5.74, 6) is -0.957. The SMILES string of the molecule is CCCN(NC(=O)OC(C)(C)C)C1CCC(C(=O)O)CC1. The number of nitrogens with zero attached hydrogens (tertiary/aromatic N) is 1. The average molecular weight is 300 g/mol. The van der Waals surface area contributed by atoms with Crippen molar-refractivity contribution >= 4 is 12.1 Å². The lowest BCUT2D eigenvalue weighted by molar-refractivity contribution is -0.143. The second kappa shape index (κ2) is 7.64. The molecule has 6 nitrogen and oxygen atoms in total. The van der Waals surface area contributed by atoms with Crippen LogP contribution in [0.25, 0.3) is 0 Å². The number of nitrogens with one attached hydrogen (secondary N) is 1. The van der Waals surface area contributed by atoms with Crippen LogP contribution in [0.3, 0.4) is 0 Å². The molecule has 0 aromatic rings. The minimum absolute atomic E-state index is 0.188. The van der Waals surface area contributed by atoms with E-state index in [2.05, 4.69) is 5.43 Å². The molecule has 1 fully saturated rings. The summed E-state index contributed by atoms with van der Waals surface area (Å²) in [6.07, 6.45) is 3.36. The third kappa shape index (κ3) is 6.33. The molecule has 0 spiro atoms. The number of amides is 1. The van der Waals surface area contributed by atoms with Gasteiger partial charge in [-0.15, -0.1) is 0 Å². The van der Waals surface area contributed by atoms with Crippen molar-refractivity contribution in [3.05, 3.63) is 0 Å². The second-order valence-electron chi connectivity index (χ2n) is 6.65. The van der Waals surface area contributed by atoms with Crippen LogP contribution in [0.1, 0.15) is 59.8 Å². The first-order chi connectivity index (χ1) is 9.73. The Morgan fingerprint density at radius 3 is 2.24 bits per heavy atom. The van der Waals surface area contributed by atoms with Crippen molar-refractivity contribution in [1.82, 2.24) is 10.4 Å². The highest BCUT2D eigenvalue weighted by Crippen LogP contribution is 2.27. The Kier molecular flexibility index (Phi) is 6.45. The molecule has 0 bridgehead atoms. The van der Waals surface area contributed by atoms with E-state index in [1.54, 1.807) is 0 Å². The minimum atomic E-state index is -0.712. The van der Waals surface area contributed by atoms with Crippen molar-refractivity contribution in [3.63, 3.8) is 0 Å². The van der Waals surface area contributed by atoms with Gasteiger partial charge < -0.3 is 9.84 Å². The van der Waals surface area contributed by atoms with E-state index in [4.69, 9.17) is 9.84 Å². The topological polar surface area (TPSA) is 78.9 Å². The van der Waals surface area contributed by atoms with E-state index in [1.807, 2.05) is 32.7 Å². The lowest BCUT2D eigenvalue weighted by atomic mass is 9.86. The Morgan fingerprint density at radius 1 is 1.24 bits per heavy atom. The molecule has 21 heavy (non-hydrogen) atoms. The molecule has 0 aromatic heterocycles. The quantitative estimate of drug-likeness (QED) is 0.763. The molecule has 1 rings (SSSR count). The maximum Gasteiger partial charge on any atom is 0.422 e. The average Bonchev–Trinajstić information content (AvgIpc) is 2.36. The summed E-state index contributed by atoms with van der Waals surface area (Å²) >= 11 is 0. The van der Waals surface area contributed by atoms with Crippen LogP contribution in [-0.2, 0) is 9.53 Å². The minimum Gasteiger partial charge on any atom is -0.481 e. The van der Waals surface area contributed by atoms with Crippen molar-refractivity contribution in [3.8, 4) is 0 Å². The van der Waals surface area contributed by atoms with Gasteiger partial charge in [-0.2, -0.15) is 0 Å². The molecule has 0 radical (unpaired) electrons. The van der Waals surface area contributed by atoms with Crippen LogP contribution in [0.4, 0.5) is 4.79 Å². The molecular weight excluding hydrogens is 272 g/mol.